The number of alkyl halides is 3. The summed E-state index contributed by atoms with van der Waals surface area (Å²) in [6.07, 6.45) is 2.25. The van der Waals surface area contributed by atoms with E-state index in [2.05, 4.69) is 9.55 Å². The lowest BCUT2D eigenvalue weighted by Gasteiger charge is -2.33. The first-order valence-corrected chi connectivity index (χ1v) is 8.28. The third-order valence-corrected chi connectivity index (χ3v) is 4.66. The number of nitrogens with zero attached hydrogens (tertiary/aromatic N) is 3. The van der Waals surface area contributed by atoms with E-state index in [0.717, 1.165) is 31.1 Å². The molecule has 4 nitrogen and oxygen atoms in total. The molecule has 128 valence electrons. The van der Waals surface area contributed by atoms with Gasteiger partial charge < -0.3 is 9.47 Å². The summed E-state index contributed by atoms with van der Waals surface area (Å²) in [7, 11) is 0. The van der Waals surface area contributed by atoms with Crippen LogP contribution in [-0.2, 0) is 11.3 Å². The first-order chi connectivity index (χ1) is 10.9. The summed E-state index contributed by atoms with van der Waals surface area (Å²) < 4.78 is 39.0. The van der Waals surface area contributed by atoms with Gasteiger partial charge in [-0.2, -0.15) is 13.2 Å². The lowest BCUT2D eigenvalue weighted by molar-refractivity contribution is -0.149. The van der Waals surface area contributed by atoms with Crippen molar-refractivity contribution >= 4 is 5.91 Å². The van der Waals surface area contributed by atoms with E-state index < -0.39 is 24.9 Å². The summed E-state index contributed by atoms with van der Waals surface area (Å²) in [4.78, 5) is 18.1. The summed E-state index contributed by atoms with van der Waals surface area (Å²) >= 11 is 0. The average molecular weight is 329 g/mol. The second kappa shape index (κ2) is 6.53. The number of carbonyl (C=O) groups excluding carboxylic acids is 1. The molecule has 2 aliphatic rings. The Balaban J connectivity index is 1.59. The van der Waals surface area contributed by atoms with Crippen LogP contribution in [0.15, 0.2) is 12.4 Å². The molecule has 3 rings (SSSR count). The van der Waals surface area contributed by atoms with Gasteiger partial charge in [-0.1, -0.05) is 0 Å². The normalized spacial score (nSPS) is 22.4. The monoisotopic (exact) mass is 329 g/mol. The maximum absolute atomic E-state index is 12.3. The van der Waals surface area contributed by atoms with Crippen molar-refractivity contribution in [2.24, 2.45) is 5.92 Å². The summed E-state index contributed by atoms with van der Waals surface area (Å²) in [5, 5.41) is 0. The number of likely N-dealkylation sites (tertiary alicyclic amines) is 1. The zero-order valence-corrected chi connectivity index (χ0v) is 13.1. The number of rotatable bonds is 5. The molecule has 1 aliphatic heterocycles. The molecule has 7 heteroatoms. The first-order valence-electron chi connectivity index (χ1n) is 8.28. The minimum atomic E-state index is -4.27. The van der Waals surface area contributed by atoms with Crippen LogP contribution in [0.1, 0.15) is 50.3 Å². The Morgan fingerprint density at radius 1 is 1.30 bits per heavy atom. The predicted octanol–water partition coefficient (Wildman–Crippen LogP) is 3.34. The smallest absolute Gasteiger partial charge is 0.342 e. The van der Waals surface area contributed by atoms with Gasteiger partial charge in [-0.05, 0) is 31.6 Å². The number of hydrogen-bond acceptors (Lipinski definition) is 2. The number of imidazole rings is 1. The quantitative estimate of drug-likeness (QED) is 0.831. The number of piperidine rings is 1. The van der Waals surface area contributed by atoms with E-state index in [4.69, 9.17) is 0 Å². The molecule has 2 fully saturated rings. The van der Waals surface area contributed by atoms with Crippen LogP contribution in [0.5, 0.6) is 0 Å². The van der Waals surface area contributed by atoms with Crippen molar-refractivity contribution in [3.8, 4) is 0 Å². The lowest BCUT2D eigenvalue weighted by atomic mass is 9.96. The highest BCUT2D eigenvalue weighted by atomic mass is 19.4. The van der Waals surface area contributed by atoms with Gasteiger partial charge in [0.25, 0.3) is 0 Å². The molecule has 1 amide bonds. The Labute approximate surface area is 133 Å². The van der Waals surface area contributed by atoms with Crippen molar-refractivity contribution in [2.45, 2.75) is 57.2 Å². The van der Waals surface area contributed by atoms with Crippen molar-refractivity contribution < 1.29 is 18.0 Å². The third kappa shape index (κ3) is 4.48. The van der Waals surface area contributed by atoms with E-state index in [9.17, 15) is 18.0 Å². The van der Waals surface area contributed by atoms with Crippen molar-refractivity contribution in [3.63, 3.8) is 0 Å². The maximum Gasteiger partial charge on any atom is 0.389 e. The fourth-order valence-electron chi connectivity index (χ4n) is 3.23. The van der Waals surface area contributed by atoms with Crippen LogP contribution < -0.4 is 0 Å². The number of aromatic nitrogens is 2. The van der Waals surface area contributed by atoms with Crippen molar-refractivity contribution in [2.75, 3.05) is 13.1 Å². The second-order valence-electron chi connectivity index (χ2n) is 6.68. The van der Waals surface area contributed by atoms with Crippen molar-refractivity contribution in [3.05, 3.63) is 18.2 Å². The summed E-state index contributed by atoms with van der Waals surface area (Å²) in [6.45, 7) is 2.00. The Morgan fingerprint density at radius 3 is 2.78 bits per heavy atom. The first kappa shape index (κ1) is 16.3. The van der Waals surface area contributed by atoms with E-state index in [1.165, 1.54) is 12.8 Å². The van der Waals surface area contributed by atoms with Crippen LogP contribution in [0, 0.1) is 5.92 Å². The molecule has 2 heterocycles. The zero-order chi connectivity index (χ0) is 16.4. The van der Waals surface area contributed by atoms with Crippen molar-refractivity contribution in [1.29, 1.82) is 0 Å². The number of carbonyl (C=O) groups is 1. The van der Waals surface area contributed by atoms with Crippen LogP contribution in [0.25, 0.3) is 0 Å². The topological polar surface area (TPSA) is 38.1 Å². The standard InChI is InChI=1S/C16H22F3N3O/c17-16(18,19)6-5-14(23)21-8-1-2-13(11-21)15-20-7-9-22(15)10-12-3-4-12/h7,9,12-13H,1-6,8,10-11H2/t13-/m0/s1. The molecule has 23 heavy (non-hydrogen) atoms. The van der Waals surface area contributed by atoms with Gasteiger partial charge in [-0.25, -0.2) is 4.98 Å². The Bertz CT molecular complexity index is 551. The summed E-state index contributed by atoms with van der Waals surface area (Å²) in [5.41, 5.74) is 0. The Morgan fingerprint density at radius 2 is 2.09 bits per heavy atom. The molecule has 1 saturated heterocycles. The van der Waals surface area contributed by atoms with Crippen LogP contribution in [0.2, 0.25) is 0 Å². The highest BCUT2D eigenvalue weighted by Gasteiger charge is 2.32. The fourth-order valence-corrected chi connectivity index (χ4v) is 3.23. The molecule has 1 saturated carbocycles. The molecule has 0 radical (unpaired) electrons. The highest BCUT2D eigenvalue weighted by Crippen LogP contribution is 2.33. The third-order valence-electron chi connectivity index (χ3n) is 4.66. The molecule has 0 spiro atoms. The molecule has 0 aromatic carbocycles. The second-order valence-corrected chi connectivity index (χ2v) is 6.68. The van der Waals surface area contributed by atoms with Crippen LogP contribution in [0.3, 0.4) is 0 Å². The molecule has 0 bridgehead atoms. The molecule has 1 atom stereocenters. The van der Waals surface area contributed by atoms with Crippen LogP contribution in [-0.4, -0.2) is 39.6 Å². The Kier molecular flexibility index (Phi) is 4.64. The number of amides is 1. The van der Waals surface area contributed by atoms with Gasteiger partial charge >= 0.3 is 6.18 Å². The van der Waals surface area contributed by atoms with E-state index in [1.54, 1.807) is 11.1 Å². The molecular weight excluding hydrogens is 307 g/mol. The van der Waals surface area contributed by atoms with Crippen molar-refractivity contribution in [1.82, 2.24) is 14.5 Å². The van der Waals surface area contributed by atoms with Crippen LogP contribution >= 0.6 is 0 Å². The SMILES string of the molecule is O=C(CCC(F)(F)F)N1CCC[C@H](c2nccn2CC2CC2)C1. The van der Waals surface area contributed by atoms with E-state index in [-0.39, 0.29) is 5.92 Å². The van der Waals surface area contributed by atoms with Gasteiger partial charge in [0.05, 0.1) is 6.42 Å². The average Bonchev–Trinajstić information content (AvgIpc) is 3.20. The minimum Gasteiger partial charge on any atom is -0.342 e. The van der Waals surface area contributed by atoms with Gasteiger partial charge in [0.15, 0.2) is 0 Å². The minimum absolute atomic E-state index is 0.132. The van der Waals surface area contributed by atoms with E-state index in [1.807, 2.05) is 6.20 Å². The molecule has 1 aromatic heterocycles. The largest absolute Gasteiger partial charge is 0.389 e. The molecule has 0 N–H and O–H groups in total. The van der Waals surface area contributed by atoms with E-state index >= 15 is 0 Å². The van der Waals surface area contributed by atoms with Gasteiger partial charge in [0.1, 0.15) is 5.82 Å². The fraction of sp³-hybridized carbons (Fsp3) is 0.750. The van der Waals surface area contributed by atoms with Gasteiger partial charge in [0, 0.05) is 44.4 Å². The Hall–Kier alpha value is -1.53. The number of hydrogen-bond donors (Lipinski definition) is 0. The van der Waals surface area contributed by atoms with Gasteiger partial charge in [0.2, 0.25) is 5.91 Å². The summed E-state index contributed by atoms with van der Waals surface area (Å²) in [6, 6.07) is 0. The highest BCUT2D eigenvalue weighted by molar-refractivity contribution is 5.76. The molecular formula is C16H22F3N3O. The molecule has 0 unspecified atom stereocenters. The zero-order valence-electron chi connectivity index (χ0n) is 13.1. The van der Waals surface area contributed by atoms with Crippen LogP contribution in [0.4, 0.5) is 13.2 Å². The summed E-state index contributed by atoms with van der Waals surface area (Å²) in [5.74, 6) is 1.45. The molecule has 1 aliphatic carbocycles. The van der Waals surface area contributed by atoms with Gasteiger partial charge in [-0.3, -0.25) is 4.79 Å². The number of halogens is 3. The predicted molar refractivity (Wildman–Crippen MR) is 78.8 cm³/mol. The van der Waals surface area contributed by atoms with Gasteiger partial charge in [-0.15, -0.1) is 0 Å². The lowest BCUT2D eigenvalue weighted by Crippen LogP contribution is -2.40. The molecule has 1 aromatic rings. The maximum atomic E-state index is 12.3. The van der Waals surface area contributed by atoms with E-state index in [0.29, 0.717) is 13.1 Å².